The Balaban J connectivity index is 1.74. The van der Waals surface area contributed by atoms with Gasteiger partial charge in [0, 0.05) is 5.75 Å². The fraction of sp³-hybridized carbons (Fsp3) is 0.357. The average Bonchev–Trinajstić information content (AvgIpc) is 2.36. The molecule has 0 aliphatic rings. The lowest BCUT2D eigenvalue weighted by atomic mass is 10.1. The monoisotopic (exact) mass is 305 g/mol. The predicted octanol–water partition coefficient (Wildman–Crippen LogP) is 1.97. The van der Waals surface area contributed by atoms with Gasteiger partial charge in [-0.3, -0.25) is 0 Å². The third-order valence-corrected chi connectivity index (χ3v) is 3.56. The van der Waals surface area contributed by atoms with Crippen LogP contribution >= 0.6 is 11.8 Å². The lowest BCUT2D eigenvalue weighted by Gasteiger charge is -2.08. The lowest BCUT2D eigenvalue weighted by Crippen LogP contribution is -2.07. The first-order valence-corrected chi connectivity index (χ1v) is 7.73. The van der Waals surface area contributed by atoms with Crippen LogP contribution in [-0.4, -0.2) is 27.3 Å². The summed E-state index contributed by atoms with van der Waals surface area (Å²) in [5.41, 5.74) is 13.4. The van der Waals surface area contributed by atoms with Crippen LogP contribution in [0.1, 0.15) is 17.0 Å². The van der Waals surface area contributed by atoms with Crippen LogP contribution in [0, 0.1) is 13.8 Å². The highest BCUT2D eigenvalue weighted by atomic mass is 32.2. The van der Waals surface area contributed by atoms with Crippen molar-refractivity contribution in [2.24, 2.45) is 0 Å². The Morgan fingerprint density at radius 3 is 2.24 bits per heavy atom. The first-order valence-electron chi connectivity index (χ1n) is 6.57. The molecule has 0 aliphatic carbocycles. The van der Waals surface area contributed by atoms with Gasteiger partial charge in [0.05, 0.1) is 12.4 Å². The Labute approximate surface area is 128 Å². The maximum atomic E-state index is 5.73. The van der Waals surface area contributed by atoms with E-state index in [2.05, 4.69) is 34.9 Å². The van der Waals surface area contributed by atoms with E-state index in [1.807, 2.05) is 12.1 Å². The van der Waals surface area contributed by atoms with Crippen LogP contribution in [0.25, 0.3) is 0 Å². The van der Waals surface area contributed by atoms with Crippen LogP contribution in [0.15, 0.2) is 18.2 Å². The number of nitrogens with two attached hydrogens (primary N) is 2. The molecule has 0 atom stereocenters. The highest BCUT2D eigenvalue weighted by Crippen LogP contribution is 2.17. The largest absolute Gasteiger partial charge is 0.493 e. The van der Waals surface area contributed by atoms with E-state index in [0.717, 1.165) is 11.5 Å². The van der Waals surface area contributed by atoms with Crippen LogP contribution in [0.2, 0.25) is 0 Å². The van der Waals surface area contributed by atoms with Crippen LogP contribution in [0.4, 0.5) is 11.9 Å². The van der Waals surface area contributed by atoms with Crippen molar-refractivity contribution < 1.29 is 4.74 Å². The fourth-order valence-electron chi connectivity index (χ4n) is 1.92. The van der Waals surface area contributed by atoms with Crippen LogP contribution < -0.4 is 16.2 Å². The highest BCUT2D eigenvalue weighted by molar-refractivity contribution is 7.98. The van der Waals surface area contributed by atoms with Crippen LogP contribution in [-0.2, 0) is 5.75 Å². The maximum absolute atomic E-state index is 5.73. The molecule has 6 nitrogen and oxygen atoms in total. The van der Waals surface area contributed by atoms with Crippen molar-refractivity contribution >= 4 is 23.7 Å². The Bertz CT molecular complexity index is 526. The number of benzene rings is 1. The van der Waals surface area contributed by atoms with Crippen molar-refractivity contribution in [2.75, 3.05) is 23.8 Å². The Morgan fingerprint density at radius 2 is 1.62 bits per heavy atom. The summed E-state index contributed by atoms with van der Waals surface area (Å²) < 4.78 is 5.73. The molecule has 0 bridgehead atoms. The maximum Gasteiger partial charge on any atom is 0.225 e. The molecule has 0 aliphatic heterocycles. The van der Waals surface area contributed by atoms with Gasteiger partial charge in [-0.2, -0.15) is 26.7 Å². The van der Waals surface area contributed by atoms with E-state index in [0.29, 0.717) is 18.2 Å². The quantitative estimate of drug-likeness (QED) is 0.787. The smallest absolute Gasteiger partial charge is 0.225 e. The normalized spacial score (nSPS) is 10.6. The van der Waals surface area contributed by atoms with E-state index in [4.69, 9.17) is 16.2 Å². The van der Waals surface area contributed by atoms with Gasteiger partial charge in [0.2, 0.25) is 11.9 Å². The first kappa shape index (κ1) is 15.4. The third kappa shape index (κ3) is 5.11. The van der Waals surface area contributed by atoms with Gasteiger partial charge in [-0.05, 0) is 37.1 Å². The second kappa shape index (κ2) is 7.12. The van der Waals surface area contributed by atoms with E-state index < -0.39 is 0 Å². The number of rotatable bonds is 6. The highest BCUT2D eigenvalue weighted by Gasteiger charge is 2.02. The summed E-state index contributed by atoms with van der Waals surface area (Å²) in [5, 5.41) is 0. The molecule has 1 heterocycles. The van der Waals surface area contributed by atoms with E-state index in [9.17, 15) is 0 Å². The minimum atomic E-state index is 0.157. The van der Waals surface area contributed by atoms with Crippen molar-refractivity contribution in [2.45, 2.75) is 19.6 Å². The summed E-state index contributed by atoms with van der Waals surface area (Å²) in [5.74, 6) is 3.28. The zero-order valence-electron chi connectivity index (χ0n) is 12.2. The average molecular weight is 305 g/mol. The SMILES string of the molecule is Cc1cc(C)cc(OCCSCc2nc(N)nc(N)n2)c1. The second-order valence-electron chi connectivity index (χ2n) is 4.69. The number of hydrogen-bond acceptors (Lipinski definition) is 7. The molecule has 21 heavy (non-hydrogen) atoms. The first-order chi connectivity index (χ1) is 10.0. The van der Waals surface area contributed by atoms with Gasteiger partial charge in [0.25, 0.3) is 0 Å². The molecule has 4 N–H and O–H groups in total. The van der Waals surface area contributed by atoms with E-state index in [-0.39, 0.29) is 11.9 Å². The third-order valence-electron chi connectivity index (χ3n) is 2.64. The summed E-state index contributed by atoms with van der Waals surface area (Å²) in [6, 6.07) is 6.19. The molecule has 1 aromatic carbocycles. The minimum absolute atomic E-state index is 0.157. The number of anilines is 2. The molecule has 0 unspecified atom stereocenters. The number of nitrogens with zero attached hydrogens (tertiary/aromatic N) is 3. The molecule has 7 heteroatoms. The zero-order chi connectivity index (χ0) is 15.2. The van der Waals surface area contributed by atoms with Crippen molar-refractivity contribution in [3.05, 3.63) is 35.2 Å². The van der Waals surface area contributed by atoms with E-state index >= 15 is 0 Å². The number of aromatic nitrogens is 3. The summed E-state index contributed by atoms with van der Waals surface area (Å²) in [6.45, 7) is 4.75. The summed E-state index contributed by atoms with van der Waals surface area (Å²) in [7, 11) is 0. The molecular formula is C14H19N5OS. The van der Waals surface area contributed by atoms with Gasteiger partial charge in [-0.1, -0.05) is 6.07 Å². The molecule has 0 amide bonds. The molecule has 0 saturated heterocycles. The molecule has 1 aromatic heterocycles. The molecule has 0 saturated carbocycles. The topological polar surface area (TPSA) is 99.9 Å². The van der Waals surface area contributed by atoms with Gasteiger partial charge in [0.15, 0.2) is 0 Å². The van der Waals surface area contributed by atoms with Crippen molar-refractivity contribution in [3.63, 3.8) is 0 Å². The Kier molecular flexibility index (Phi) is 5.21. The van der Waals surface area contributed by atoms with Gasteiger partial charge in [0.1, 0.15) is 11.6 Å². The van der Waals surface area contributed by atoms with Crippen LogP contribution in [0.3, 0.4) is 0 Å². The van der Waals surface area contributed by atoms with Crippen LogP contribution in [0.5, 0.6) is 5.75 Å². The standard InChI is InChI=1S/C14H19N5OS/c1-9-5-10(2)7-11(6-9)20-3-4-21-8-12-17-13(15)19-14(16)18-12/h5-7H,3-4,8H2,1-2H3,(H4,15,16,17,18,19). The molecule has 2 aromatic rings. The zero-order valence-corrected chi connectivity index (χ0v) is 13.0. The van der Waals surface area contributed by atoms with Crippen molar-refractivity contribution in [1.82, 2.24) is 15.0 Å². The lowest BCUT2D eigenvalue weighted by molar-refractivity contribution is 0.343. The molecule has 0 spiro atoms. The number of thioether (sulfide) groups is 1. The van der Waals surface area contributed by atoms with Crippen molar-refractivity contribution in [3.8, 4) is 5.75 Å². The number of hydrogen-bond donors (Lipinski definition) is 2. The van der Waals surface area contributed by atoms with Gasteiger partial charge in [-0.15, -0.1) is 0 Å². The number of ether oxygens (including phenoxy) is 1. The predicted molar refractivity (Wildman–Crippen MR) is 86.2 cm³/mol. The summed E-state index contributed by atoms with van der Waals surface area (Å²) in [6.07, 6.45) is 0. The summed E-state index contributed by atoms with van der Waals surface area (Å²) in [4.78, 5) is 11.8. The second-order valence-corrected chi connectivity index (χ2v) is 5.80. The molecule has 112 valence electrons. The van der Waals surface area contributed by atoms with Gasteiger partial charge < -0.3 is 16.2 Å². The van der Waals surface area contributed by atoms with Gasteiger partial charge >= 0.3 is 0 Å². The molecule has 0 fully saturated rings. The minimum Gasteiger partial charge on any atom is -0.493 e. The molecule has 0 radical (unpaired) electrons. The Hall–Kier alpha value is -2.02. The fourth-order valence-corrected chi connectivity index (χ4v) is 2.58. The number of nitrogen functional groups attached to an aromatic ring is 2. The molecule has 2 rings (SSSR count). The van der Waals surface area contributed by atoms with E-state index in [1.165, 1.54) is 11.1 Å². The van der Waals surface area contributed by atoms with Crippen molar-refractivity contribution in [1.29, 1.82) is 0 Å². The molecular weight excluding hydrogens is 286 g/mol. The number of aryl methyl sites for hydroxylation is 2. The van der Waals surface area contributed by atoms with Gasteiger partial charge in [-0.25, -0.2) is 0 Å². The summed E-state index contributed by atoms with van der Waals surface area (Å²) >= 11 is 1.66. The van der Waals surface area contributed by atoms with E-state index in [1.54, 1.807) is 11.8 Å². The Morgan fingerprint density at radius 1 is 1.00 bits per heavy atom.